The van der Waals surface area contributed by atoms with E-state index in [-0.39, 0.29) is 0 Å². The van der Waals surface area contributed by atoms with Crippen LogP contribution in [0.5, 0.6) is 0 Å². The quantitative estimate of drug-likeness (QED) is 0.188. The number of rotatable bonds is 5. The molecule has 1 unspecified atom stereocenters. The fraction of sp³-hybridized carbons (Fsp3) is 0.355. The van der Waals surface area contributed by atoms with Crippen LogP contribution < -0.4 is 15.8 Å². The molecule has 2 heterocycles. The molecular formula is C31H38N6O2S. The van der Waals surface area contributed by atoms with Crippen molar-refractivity contribution >= 4 is 44.8 Å². The van der Waals surface area contributed by atoms with Crippen LogP contribution in [0.4, 0.5) is 23.0 Å². The summed E-state index contributed by atoms with van der Waals surface area (Å²) in [6, 6.07) is 20.1. The zero-order valence-electron chi connectivity index (χ0n) is 23.2. The van der Waals surface area contributed by atoms with Gasteiger partial charge in [0.25, 0.3) is 0 Å². The van der Waals surface area contributed by atoms with E-state index in [4.69, 9.17) is 13.4 Å². The second kappa shape index (κ2) is 12.8. The van der Waals surface area contributed by atoms with E-state index in [0.717, 1.165) is 40.4 Å². The van der Waals surface area contributed by atoms with E-state index in [9.17, 15) is 0 Å². The topological polar surface area (TPSA) is 113 Å². The first kappa shape index (κ1) is 28.0. The molecule has 210 valence electrons. The minimum atomic E-state index is -2.62. The molecule has 1 aromatic heterocycles. The van der Waals surface area contributed by atoms with Gasteiger partial charge in [0, 0.05) is 34.7 Å². The average Bonchev–Trinajstić information content (AvgIpc) is 3.38. The molecule has 1 atom stereocenters. The number of anilines is 4. The molecule has 1 saturated heterocycles. The summed E-state index contributed by atoms with van der Waals surface area (Å²) in [6.07, 6.45) is 9.51. The molecule has 3 aromatic carbocycles. The van der Waals surface area contributed by atoms with Gasteiger partial charge in [0.15, 0.2) is 10.9 Å². The summed E-state index contributed by atoms with van der Waals surface area (Å²) < 4.78 is 17.6. The summed E-state index contributed by atoms with van der Waals surface area (Å²) in [5.74, 6) is 0.634. The van der Waals surface area contributed by atoms with Gasteiger partial charge in [0.2, 0.25) is 5.95 Å². The molecule has 0 saturated carbocycles. The average molecular weight is 559 g/mol. The maximum atomic E-state index is 8.81. The smallest absolute Gasteiger partial charge is 0.227 e. The van der Waals surface area contributed by atoms with Crippen LogP contribution in [0, 0.1) is 13.8 Å². The molecule has 0 radical (unpaired) electrons. The van der Waals surface area contributed by atoms with Gasteiger partial charge in [0.05, 0.1) is 5.52 Å². The van der Waals surface area contributed by atoms with Crippen molar-refractivity contribution in [2.24, 2.45) is 5.14 Å². The highest BCUT2D eigenvalue weighted by Crippen LogP contribution is 2.29. The summed E-state index contributed by atoms with van der Waals surface area (Å²) in [5.41, 5.74) is 9.66. The van der Waals surface area contributed by atoms with Crippen LogP contribution in [0.25, 0.3) is 10.9 Å². The SMILES string of the molecule is Cc1cccc(Nc2ccc3cnc(Nc4ccc5c(c4)CCC(N4CCCC4)CC5)nc3c2)c1C.N[SH](=O)=O. The molecule has 4 aromatic rings. The van der Waals surface area contributed by atoms with Crippen molar-refractivity contribution in [1.29, 1.82) is 0 Å². The zero-order valence-corrected chi connectivity index (χ0v) is 24.1. The van der Waals surface area contributed by atoms with Crippen molar-refractivity contribution in [3.05, 3.63) is 83.0 Å². The Bertz CT molecular complexity index is 1560. The van der Waals surface area contributed by atoms with Gasteiger partial charge in [-0.05, 0) is 124 Å². The normalized spacial score (nSPS) is 17.1. The maximum absolute atomic E-state index is 8.81. The highest BCUT2D eigenvalue weighted by molar-refractivity contribution is 7.69. The molecule has 4 N–H and O–H groups in total. The van der Waals surface area contributed by atoms with Gasteiger partial charge in [-0.15, -0.1) is 0 Å². The number of nitrogens with two attached hydrogens (primary N) is 1. The number of nitrogens with one attached hydrogen (secondary N) is 2. The van der Waals surface area contributed by atoms with E-state index in [1.54, 1.807) is 0 Å². The van der Waals surface area contributed by atoms with Crippen LogP contribution in [0.1, 0.15) is 47.9 Å². The molecular weight excluding hydrogens is 520 g/mol. The highest BCUT2D eigenvalue weighted by Gasteiger charge is 2.24. The first-order chi connectivity index (χ1) is 19.4. The third kappa shape index (κ3) is 6.96. The third-order valence-electron chi connectivity index (χ3n) is 8.08. The molecule has 40 heavy (non-hydrogen) atoms. The van der Waals surface area contributed by atoms with Crippen molar-refractivity contribution in [2.45, 2.75) is 58.4 Å². The lowest BCUT2D eigenvalue weighted by atomic mass is 10.0. The van der Waals surface area contributed by atoms with Gasteiger partial charge in [-0.25, -0.2) is 23.5 Å². The lowest BCUT2D eigenvalue weighted by molar-refractivity contribution is 0.222. The van der Waals surface area contributed by atoms with Crippen LogP contribution >= 0.6 is 0 Å². The summed E-state index contributed by atoms with van der Waals surface area (Å²) in [6.45, 7) is 6.86. The Morgan fingerprint density at radius 2 is 1.60 bits per heavy atom. The van der Waals surface area contributed by atoms with Crippen molar-refractivity contribution in [3.8, 4) is 0 Å². The summed E-state index contributed by atoms with van der Waals surface area (Å²) >= 11 is 0. The Balaban J connectivity index is 0.000000758. The number of aromatic nitrogens is 2. The summed E-state index contributed by atoms with van der Waals surface area (Å²) in [7, 11) is -2.62. The third-order valence-corrected chi connectivity index (χ3v) is 8.08. The molecule has 0 spiro atoms. The van der Waals surface area contributed by atoms with Gasteiger partial charge < -0.3 is 15.5 Å². The minimum absolute atomic E-state index is 0.634. The Hall–Kier alpha value is -3.53. The molecule has 6 rings (SSSR count). The first-order valence-corrected chi connectivity index (χ1v) is 15.2. The maximum Gasteiger partial charge on any atom is 0.227 e. The van der Waals surface area contributed by atoms with E-state index < -0.39 is 10.9 Å². The molecule has 1 aliphatic carbocycles. The monoisotopic (exact) mass is 558 g/mol. The fourth-order valence-corrected chi connectivity index (χ4v) is 5.77. The Morgan fingerprint density at radius 3 is 2.38 bits per heavy atom. The fourth-order valence-electron chi connectivity index (χ4n) is 5.77. The van der Waals surface area contributed by atoms with Gasteiger partial charge >= 0.3 is 0 Å². The molecule has 0 bridgehead atoms. The first-order valence-electron chi connectivity index (χ1n) is 14.0. The molecule has 1 aliphatic heterocycles. The van der Waals surface area contributed by atoms with Crippen LogP contribution in [-0.2, 0) is 23.7 Å². The minimum Gasteiger partial charge on any atom is -0.355 e. The summed E-state index contributed by atoms with van der Waals surface area (Å²) in [4.78, 5) is 12.1. The van der Waals surface area contributed by atoms with Gasteiger partial charge in [-0.3, -0.25) is 0 Å². The van der Waals surface area contributed by atoms with Gasteiger partial charge in [-0.2, -0.15) is 0 Å². The molecule has 1 fully saturated rings. The summed E-state index contributed by atoms with van der Waals surface area (Å²) in [5, 5.41) is 12.1. The molecule has 0 amide bonds. The highest BCUT2D eigenvalue weighted by atomic mass is 32.2. The van der Waals surface area contributed by atoms with Crippen molar-refractivity contribution in [3.63, 3.8) is 0 Å². The largest absolute Gasteiger partial charge is 0.355 e. The number of hydrogen-bond acceptors (Lipinski definition) is 7. The number of thiol groups is 1. The number of hydrogen-bond donors (Lipinski definition) is 4. The number of nitrogens with zero attached hydrogens (tertiary/aromatic N) is 3. The van der Waals surface area contributed by atoms with Crippen LogP contribution in [0.2, 0.25) is 0 Å². The van der Waals surface area contributed by atoms with Crippen molar-refractivity contribution in [1.82, 2.24) is 14.9 Å². The second-order valence-electron chi connectivity index (χ2n) is 10.7. The number of likely N-dealkylation sites (tertiary alicyclic amines) is 1. The van der Waals surface area contributed by atoms with Crippen molar-refractivity contribution < 1.29 is 8.42 Å². The predicted molar refractivity (Wildman–Crippen MR) is 164 cm³/mol. The van der Waals surface area contributed by atoms with Gasteiger partial charge in [-0.1, -0.05) is 18.2 Å². The van der Waals surface area contributed by atoms with E-state index in [1.165, 1.54) is 67.4 Å². The van der Waals surface area contributed by atoms with E-state index in [1.807, 2.05) is 6.20 Å². The molecule has 2 aliphatic rings. The number of fused-ring (bicyclic) bond motifs is 2. The lowest BCUT2D eigenvalue weighted by Crippen LogP contribution is -2.32. The number of aryl methyl sites for hydroxylation is 3. The standard InChI is InChI=1S/C31H35N5.H3NO2S/c1-21-6-5-7-29(22(21)2)33-27-13-9-25-20-32-31(35-30(25)19-27)34-26-12-8-23-10-14-28(15-11-24(23)18-26)36-16-3-4-17-36;1-4(2)3/h5-9,12-13,18-20,28,33H,3-4,10-11,14-17H2,1-2H3,(H,32,34,35);4H,(H2,1,2,3). The predicted octanol–water partition coefficient (Wildman–Crippen LogP) is 5.55. The molecule has 9 heteroatoms. The zero-order chi connectivity index (χ0) is 28.1. The van der Waals surface area contributed by atoms with Crippen LogP contribution in [0.3, 0.4) is 0 Å². The van der Waals surface area contributed by atoms with E-state index in [0.29, 0.717) is 5.95 Å². The van der Waals surface area contributed by atoms with E-state index in [2.05, 4.69) is 94.1 Å². The second-order valence-corrected chi connectivity index (χ2v) is 11.3. The molecule has 8 nitrogen and oxygen atoms in total. The van der Waals surface area contributed by atoms with Crippen LogP contribution in [-0.4, -0.2) is 42.4 Å². The van der Waals surface area contributed by atoms with Crippen LogP contribution in [0.15, 0.2) is 60.8 Å². The Labute approximate surface area is 238 Å². The van der Waals surface area contributed by atoms with Crippen molar-refractivity contribution in [2.75, 3.05) is 23.7 Å². The Kier molecular flexibility index (Phi) is 8.94. The lowest BCUT2D eigenvalue weighted by Gasteiger charge is -2.25. The van der Waals surface area contributed by atoms with Gasteiger partial charge in [0.1, 0.15) is 0 Å². The number of benzene rings is 3. The van der Waals surface area contributed by atoms with E-state index >= 15 is 0 Å². The Morgan fingerprint density at radius 1 is 0.900 bits per heavy atom.